The van der Waals surface area contributed by atoms with Crippen LogP contribution >= 0.6 is 0 Å². The van der Waals surface area contributed by atoms with Crippen molar-refractivity contribution in [3.8, 4) is 6.07 Å². The molecular weight excluding hydrogens is 448 g/mol. The highest BCUT2D eigenvalue weighted by atomic mass is 32.2. The number of nitrogens with one attached hydrogen (secondary N) is 2. The molecule has 2 heterocycles. The molecule has 1 unspecified atom stereocenters. The van der Waals surface area contributed by atoms with Crippen LogP contribution in [0.15, 0.2) is 18.2 Å². The number of hydrogen-bond donors (Lipinski definition) is 2. The van der Waals surface area contributed by atoms with Gasteiger partial charge in [-0.2, -0.15) is 5.26 Å². The second-order valence-electron chi connectivity index (χ2n) is 10.8. The lowest BCUT2D eigenvalue weighted by molar-refractivity contribution is -0.145. The van der Waals surface area contributed by atoms with Crippen molar-refractivity contribution in [2.45, 2.75) is 63.8 Å². The van der Waals surface area contributed by atoms with E-state index in [2.05, 4.69) is 30.0 Å². The SMILES string of the molecule is CC(C)C1CCC(C2c3cc(C#N)ccc3C3(CCNCC3)C(=O)N2CCNS(C)(=O)=O)CC1. The van der Waals surface area contributed by atoms with Gasteiger partial charge in [-0.25, -0.2) is 13.1 Å². The Morgan fingerprint density at radius 1 is 1.21 bits per heavy atom. The summed E-state index contributed by atoms with van der Waals surface area (Å²) < 4.78 is 26.1. The Balaban J connectivity index is 1.76. The lowest BCUT2D eigenvalue weighted by Crippen LogP contribution is -2.59. The van der Waals surface area contributed by atoms with Crippen LogP contribution in [0.4, 0.5) is 0 Å². The van der Waals surface area contributed by atoms with Crippen molar-refractivity contribution in [1.29, 1.82) is 5.26 Å². The maximum absolute atomic E-state index is 14.3. The first-order valence-electron chi connectivity index (χ1n) is 12.7. The van der Waals surface area contributed by atoms with E-state index >= 15 is 0 Å². The van der Waals surface area contributed by atoms with Crippen molar-refractivity contribution in [2.24, 2.45) is 17.8 Å². The van der Waals surface area contributed by atoms with Crippen LogP contribution < -0.4 is 10.0 Å². The molecule has 0 aromatic heterocycles. The molecule has 2 fully saturated rings. The summed E-state index contributed by atoms with van der Waals surface area (Å²) in [5, 5.41) is 13.0. The fourth-order valence-corrected chi connectivity index (χ4v) is 7.02. The predicted octanol–water partition coefficient (Wildman–Crippen LogP) is 3.07. The first-order valence-corrected chi connectivity index (χ1v) is 14.6. The zero-order valence-corrected chi connectivity index (χ0v) is 21.5. The van der Waals surface area contributed by atoms with Crippen LogP contribution in [-0.2, 0) is 20.2 Å². The van der Waals surface area contributed by atoms with Crippen LogP contribution in [0, 0.1) is 29.1 Å². The van der Waals surface area contributed by atoms with E-state index in [0.29, 0.717) is 42.7 Å². The van der Waals surface area contributed by atoms with E-state index in [-0.39, 0.29) is 18.5 Å². The zero-order chi connectivity index (χ0) is 24.5. The summed E-state index contributed by atoms with van der Waals surface area (Å²) in [5.74, 6) is 1.79. The van der Waals surface area contributed by atoms with E-state index in [1.165, 1.54) is 0 Å². The Morgan fingerprint density at radius 3 is 2.47 bits per heavy atom. The molecule has 2 aliphatic heterocycles. The highest BCUT2D eigenvalue weighted by molar-refractivity contribution is 7.88. The number of nitriles is 1. The Kier molecular flexibility index (Phi) is 7.37. The molecule has 1 saturated heterocycles. The maximum Gasteiger partial charge on any atom is 0.233 e. The third-order valence-electron chi connectivity index (χ3n) is 8.40. The quantitative estimate of drug-likeness (QED) is 0.643. The molecule has 2 N–H and O–H groups in total. The van der Waals surface area contributed by atoms with Gasteiger partial charge in [-0.15, -0.1) is 0 Å². The Hall–Kier alpha value is -1.95. The van der Waals surface area contributed by atoms with E-state index in [1.807, 2.05) is 23.1 Å². The molecule has 7 nitrogen and oxygen atoms in total. The van der Waals surface area contributed by atoms with Crippen molar-refractivity contribution in [2.75, 3.05) is 32.4 Å². The van der Waals surface area contributed by atoms with Gasteiger partial charge in [0.1, 0.15) is 0 Å². The number of nitrogens with zero attached hydrogens (tertiary/aromatic N) is 2. The van der Waals surface area contributed by atoms with Crippen molar-refractivity contribution in [3.63, 3.8) is 0 Å². The van der Waals surface area contributed by atoms with E-state index in [9.17, 15) is 18.5 Å². The number of carbonyl (C=O) groups is 1. The van der Waals surface area contributed by atoms with Crippen LogP contribution in [-0.4, -0.2) is 51.7 Å². The van der Waals surface area contributed by atoms with E-state index < -0.39 is 15.4 Å². The topological polar surface area (TPSA) is 102 Å². The minimum absolute atomic E-state index is 0.120. The van der Waals surface area contributed by atoms with Gasteiger partial charge in [-0.05, 0) is 92.6 Å². The minimum Gasteiger partial charge on any atom is -0.333 e. The summed E-state index contributed by atoms with van der Waals surface area (Å²) in [6.45, 7) is 6.65. The van der Waals surface area contributed by atoms with Gasteiger partial charge in [0.05, 0.1) is 29.3 Å². The van der Waals surface area contributed by atoms with Gasteiger partial charge in [-0.1, -0.05) is 19.9 Å². The predicted molar refractivity (Wildman–Crippen MR) is 133 cm³/mol. The van der Waals surface area contributed by atoms with Gasteiger partial charge < -0.3 is 10.2 Å². The zero-order valence-electron chi connectivity index (χ0n) is 20.6. The van der Waals surface area contributed by atoms with Gasteiger partial charge in [0.15, 0.2) is 0 Å². The molecule has 1 spiro atoms. The lowest BCUT2D eigenvalue weighted by Gasteiger charge is -2.52. The van der Waals surface area contributed by atoms with Gasteiger partial charge in [0.25, 0.3) is 0 Å². The second-order valence-corrected chi connectivity index (χ2v) is 12.6. The molecule has 1 atom stereocenters. The monoisotopic (exact) mass is 486 g/mol. The fourth-order valence-electron chi connectivity index (χ4n) is 6.56. The largest absolute Gasteiger partial charge is 0.333 e. The molecule has 1 saturated carbocycles. The summed E-state index contributed by atoms with van der Waals surface area (Å²) in [4.78, 5) is 16.2. The Morgan fingerprint density at radius 2 is 1.88 bits per heavy atom. The molecule has 3 aliphatic rings. The Bertz CT molecular complexity index is 1050. The van der Waals surface area contributed by atoms with E-state index in [1.54, 1.807) is 0 Å². The van der Waals surface area contributed by atoms with Crippen molar-refractivity contribution >= 4 is 15.9 Å². The van der Waals surface area contributed by atoms with Crippen LogP contribution in [0.25, 0.3) is 0 Å². The van der Waals surface area contributed by atoms with Crippen molar-refractivity contribution in [1.82, 2.24) is 14.9 Å². The average molecular weight is 487 g/mol. The number of rotatable bonds is 6. The molecule has 4 rings (SSSR count). The number of piperidine rings is 1. The highest BCUT2D eigenvalue weighted by Gasteiger charge is 2.52. The summed E-state index contributed by atoms with van der Waals surface area (Å²) in [6, 6.07) is 8.05. The van der Waals surface area contributed by atoms with Crippen LogP contribution in [0.5, 0.6) is 0 Å². The van der Waals surface area contributed by atoms with Gasteiger partial charge >= 0.3 is 0 Å². The molecule has 186 valence electrons. The highest BCUT2D eigenvalue weighted by Crippen LogP contribution is 2.51. The molecule has 8 heteroatoms. The number of amides is 1. The van der Waals surface area contributed by atoms with Crippen LogP contribution in [0.3, 0.4) is 0 Å². The molecule has 1 aromatic rings. The first-order chi connectivity index (χ1) is 16.2. The smallest absolute Gasteiger partial charge is 0.233 e. The van der Waals surface area contributed by atoms with Gasteiger partial charge in [0, 0.05) is 13.1 Å². The number of benzene rings is 1. The van der Waals surface area contributed by atoms with E-state index in [4.69, 9.17) is 0 Å². The third kappa shape index (κ3) is 4.89. The van der Waals surface area contributed by atoms with Crippen LogP contribution in [0.1, 0.15) is 75.1 Å². The maximum atomic E-state index is 14.3. The number of hydrogen-bond acceptors (Lipinski definition) is 5. The summed E-state index contributed by atoms with van der Waals surface area (Å²) in [6.07, 6.45) is 6.96. The normalized spacial score (nSPS) is 27.0. The Labute approximate surface area is 204 Å². The lowest BCUT2D eigenvalue weighted by atomic mass is 9.63. The second kappa shape index (κ2) is 9.96. The minimum atomic E-state index is -3.35. The van der Waals surface area contributed by atoms with Crippen molar-refractivity contribution < 1.29 is 13.2 Å². The molecule has 34 heavy (non-hydrogen) atoms. The summed E-state index contributed by atoms with van der Waals surface area (Å²) in [5.41, 5.74) is 2.20. The van der Waals surface area contributed by atoms with Gasteiger partial charge in [0.2, 0.25) is 15.9 Å². The van der Waals surface area contributed by atoms with Crippen LogP contribution in [0.2, 0.25) is 0 Å². The standard InChI is InChI=1S/C26H38N4O3S/c1-18(2)20-5-7-21(8-6-20)24-22-16-19(17-27)4-9-23(22)26(10-12-28-13-11-26)25(31)30(24)15-14-29-34(3,32)33/h4,9,16,18,20-21,24,28-29H,5-8,10-15H2,1-3H3. The summed E-state index contributed by atoms with van der Waals surface area (Å²) >= 11 is 0. The van der Waals surface area contributed by atoms with Gasteiger partial charge in [-0.3, -0.25) is 4.79 Å². The molecular formula is C26H38N4O3S. The van der Waals surface area contributed by atoms with Crippen molar-refractivity contribution in [3.05, 3.63) is 34.9 Å². The summed E-state index contributed by atoms with van der Waals surface area (Å²) in [7, 11) is -3.35. The number of sulfonamides is 1. The molecule has 1 amide bonds. The fraction of sp³-hybridized carbons (Fsp3) is 0.692. The molecule has 1 aromatic carbocycles. The number of carbonyl (C=O) groups excluding carboxylic acids is 1. The van der Waals surface area contributed by atoms with E-state index in [0.717, 1.165) is 56.2 Å². The first kappa shape index (κ1) is 25.2. The number of fused-ring (bicyclic) bond motifs is 2. The molecule has 0 bridgehead atoms. The average Bonchev–Trinajstić information content (AvgIpc) is 2.82. The molecule has 1 aliphatic carbocycles. The molecule has 0 radical (unpaired) electrons. The third-order valence-corrected chi connectivity index (χ3v) is 9.13.